The lowest BCUT2D eigenvalue weighted by Crippen LogP contribution is -2.71. The van der Waals surface area contributed by atoms with Gasteiger partial charge in [0, 0.05) is 25.7 Å². The highest BCUT2D eigenvalue weighted by Gasteiger charge is 2.75. The summed E-state index contributed by atoms with van der Waals surface area (Å²) >= 11 is 0. The summed E-state index contributed by atoms with van der Waals surface area (Å²) < 4.78 is 0. The van der Waals surface area contributed by atoms with E-state index in [1.807, 2.05) is 42.5 Å². The van der Waals surface area contributed by atoms with Gasteiger partial charge in [0.25, 0.3) is 5.91 Å². The SMILES string of the molecule is CN1C(=O)C2C(C3CC3)N3C(=O)CN(Cc4ccccn4)C(=O)[C@@]3(Cc3ccccc3)C2C1=O. The van der Waals surface area contributed by atoms with Crippen LogP contribution in [0.3, 0.4) is 0 Å². The smallest absolute Gasteiger partial charge is 0.250 e. The zero-order valence-electron chi connectivity index (χ0n) is 19.0. The van der Waals surface area contributed by atoms with Crippen LogP contribution in [0, 0.1) is 17.8 Å². The summed E-state index contributed by atoms with van der Waals surface area (Å²) in [5.41, 5.74) is 0.116. The molecule has 1 saturated carbocycles. The van der Waals surface area contributed by atoms with E-state index < -0.39 is 23.4 Å². The summed E-state index contributed by atoms with van der Waals surface area (Å²) in [6, 6.07) is 14.5. The second kappa shape index (κ2) is 7.48. The van der Waals surface area contributed by atoms with Crippen LogP contribution in [-0.2, 0) is 32.1 Å². The van der Waals surface area contributed by atoms with E-state index in [-0.39, 0.29) is 49.1 Å². The zero-order chi connectivity index (χ0) is 23.6. The van der Waals surface area contributed by atoms with E-state index >= 15 is 0 Å². The van der Waals surface area contributed by atoms with Crippen molar-refractivity contribution in [3.8, 4) is 0 Å². The Hall–Kier alpha value is -3.55. The molecule has 0 spiro atoms. The number of piperazine rings is 1. The Kier molecular flexibility index (Phi) is 4.62. The molecule has 4 aliphatic rings. The molecule has 34 heavy (non-hydrogen) atoms. The Morgan fingerprint density at radius 2 is 1.71 bits per heavy atom. The molecule has 4 atom stereocenters. The first kappa shape index (κ1) is 21.0. The third kappa shape index (κ3) is 2.87. The van der Waals surface area contributed by atoms with E-state index in [9.17, 15) is 19.2 Å². The maximum absolute atomic E-state index is 14.4. The lowest BCUT2D eigenvalue weighted by Gasteiger charge is -2.49. The van der Waals surface area contributed by atoms with Crippen molar-refractivity contribution in [3.63, 3.8) is 0 Å². The van der Waals surface area contributed by atoms with Crippen molar-refractivity contribution >= 4 is 23.6 Å². The molecular formula is C26H26N4O4. The molecule has 2 aromatic rings. The fraction of sp³-hybridized carbons (Fsp3) is 0.423. The monoisotopic (exact) mass is 458 g/mol. The second-order valence-corrected chi connectivity index (χ2v) is 9.90. The molecule has 4 amide bonds. The average molecular weight is 459 g/mol. The van der Waals surface area contributed by atoms with Gasteiger partial charge in [0.2, 0.25) is 17.7 Å². The maximum Gasteiger partial charge on any atom is 0.250 e. The number of pyridine rings is 1. The highest BCUT2D eigenvalue weighted by molar-refractivity contribution is 6.12. The van der Waals surface area contributed by atoms with Gasteiger partial charge in [0.15, 0.2) is 0 Å². The highest BCUT2D eigenvalue weighted by Crippen LogP contribution is 2.57. The van der Waals surface area contributed by atoms with Crippen molar-refractivity contribution in [2.75, 3.05) is 13.6 Å². The van der Waals surface area contributed by atoms with E-state index in [4.69, 9.17) is 0 Å². The van der Waals surface area contributed by atoms with Gasteiger partial charge in [0.1, 0.15) is 12.1 Å². The Morgan fingerprint density at radius 3 is 2.38 bits per heavy atom. The summed E-state index contributed by atoms with van der Waals surface area (Å²) in [6.45, 7) is 0.103. The van der Waals surface area contributed by atoms with Crippen molar-refractivity contribution in [1.82, 2.24) is 19.7 Å². The fourth-order valence-corrected chi connectivity index (χ4v) is 6.40. The van der Waals surface area contributed by atoms with Crippen LogP contribution in [0.1, 0.15) is 24.1 Å². The number of benzene rings is 1. The van der Waals surface area contributed by atoms with Crippen LogP contribution in [0.5, 0.6) is 0 Å². The molecule has 8 nitrogen and oxygen atoms in total. The maximum atomic E-state index is 14.4. The van der Waals surface area contributed by atoms with Gasteiger partial charge in [-0.3, -0.25) is 29.1 Å². The van der Waals surface area contributed by atoms with Crippen LogP contribution >= 0.6 is 0 Å². The average Bonchev–Trinajstić information content (AvgIpc) is 3.60. The number of likely N-dealkylation sites (tertiary alicyclic amines) is 1. The molecule has 4 heterocycles. The van der Waals surface area contributed by atoms with Gasteiger partial charge in [-0.15, -0.1) is 0 Å². The third-order valence-electron chi connectivity index (χ3n) is 7.93. The number of nitrogens with zero attached hydrogens (tertiary/aromatic N) is 4. The highest BCUT2D eigenvalue weighted by atomic mass is 16.2. The number of hydrogen-bond acceptors (Lipinski definition) is 5. The van der Waals surface area contributed by atoms with Crippen LogP contribution < -0.4 is 0 Å². The molecule has 3 aliphatic heterocycles. The summed E-state index contributed by atoms with van der Waals surface area (Å²) in [4.78, 5) is 63.7. The van der Waals surface area contributed by atoms with E-state index in [0.717, 1.165) is 18.4 Å². The van der Waals surface area contributed by atoms with E-state index in [1.54, 1.807) is 17.2 Å². The fourth-order valence-electron chi connectivity index (χ4n) is 6.40. The molecule has 4 fully saturated rings. The summed E-state index contributed by atoms with van der Waals surface area (Å²) in [5.74, 6) is -2.49. The quantitative estimate of drug-likeness (QED) is 0.629. The molecule has 0 N–H and O–H groups in total. The predicted molar refractivity (Wildman–Crippen MR) is 121 cm³/mol. The topological polar surface area (TPSA) is 90.9 Å². The molecule has 1 aromatic heterocycles. The van der Waals surface area contributed by atoms with Crippen molar-refractivity contribution in [3.05, 3.63) is 66.0 Å². The molecular weight excluding hydrogens is 432 g/mol. The largest absolute Gasteiger partial charge is 0.325 e. The second-order valence-electron chi connectivity index (χ2n) is 9.90. The van der Waals surface area contributed by atoms with Crippen LogP contribution in [0.15, 0.2) is 54.7 Å². The number of carbonyl (C=O) groups is 4. The Labute approximate surface area is 197 Å². The number of fused-ring (bicyclic) bond motifs is 3. The van der Waals surface area contributed by atoms with E-state index in [0.29, 0.717) is 5.69 Å². The number of rotatable bonds is 5. The molecule has 3 saturated heterocycles. The van der Waals surface area contributed by atoms with Gasteiger partial charge in [-0.25, -0.2) is 0 Å². The normalized spacial score (nSPS) is 30.7. The van der Waals surface area contributed by atoms with Crippen LogP contribution in [-0.4, -0.2) is 68.5 Å². The Balaban J connectivity index is 1.51. The number of amides is 4. The van der Waals surface area contributed by atoms with Gasteiger partial charge in [-0.2, -0.15) is 0 Å². The Morgan fingerprint density at radius 1 is 0.971 bits per heavy atom. The first-order chi connectivity index (χ1) is 16.4. The van der Waals surface area contributed by atoms with Crippen LogP contribution in [0.25, 0.3) is 0 Å². The number of aromatic nitrogens is 1. The first-order valence-corrected chi connectivity index (χ1v) is 11.8. The van der Waals surface area contributed by atoms with Crippen molar-refractivity contribution in [2.24, 2.45) is 17.8 Å². The molecule has 3 unspecified atom stereocenters. The Bertz CT molecular complexity index is 1180. The molecule has 0 bridgehead atoms. The molecule has 6 rings (SSSR count). The van der Waals surface area contributed by atoms with Crippen LogP contribution in [0.4, 0.5) is 0 Å². The lowest BCUT2D eigenvalue weighted by molar-refractivity contribution is -0.169. The minimum absolute atomic E-state index is 0.0766. The first-order valence-electron chi connectivity index (χ1n) is 11.8. The molecule has 174 valence electrons. The van der Waals surface area contributed by atoms with E-state index in [1.165, 1.54) is 16.8 Å². The van der Waals surface area contributed by atoms with Crippen molar-refractivity contribution in [2.45, 2.75) is 37.4 Å². The predicted octanol–water partition coefficient (Wildman–Crippen LogP) is 1.26. The third-order valence-corrected chi connectivity index (χ3v) is 7.93. The number of carbonyl (C=O) groups excluding carboxylic acids is 4. The standard InChI is InChI=1S/C26H26N4O4/c1-28-23(32)20-21(24(28)33)26(13-16-7-3-2-4-8-16)25(34)29(14-18-9-5-6-12-27-18)15-19(31)30(26)22(20)17-10-11-17/h2-9,12,17,20-22H,10-11,13-15H2,1H3/t20?,21?,22?,26-/m1/s1. The molecule has 0 radical (unpaired) electrons. The van der Waals surface area contributed by atoms with Gasteiger partial charge in [-0.1, -0.05) is 36.4 Å². The number of imide groups is 1. The summed E-state index contributed by atoms with van der Waals surface area (Å²) in [7, 11) is 1.49. The van der Waals surface area contributed by atoms with Gasteiger partial charge in [0.05, 0.1) is 24.1 Å². The number of hydrogen-bond donors (Lipinski definition) is 0. The van der Waals surface area contributed by atoms with Gasteiger partial charge < -0.3 is 9.80 Å². The summed E-state index contributed by atoms with van der Waals surface area (Å²) in [5, 5.41) is 0. The minimum Gasteiger partial charge on any atom is -0.325 e. The summed E-state index contributed by atoms with van der Waals surface area (Å²) in [6.07, 6.45) is 3.65. The van der Waals surface area contributed by atoms with Crippen LogP contribution in [0.2, 0.25) is 0 Å². The van der Waals surface area contributed by atoms with Gasteiger partial charge in [-0.05, 0) is 36.5 Å². The molecule has 1 aromatic carbocycles. The zero-order valence-corrected chi connectivity index (χ0v) is 19.0. The van der Waals surface area contributed by atoms with Crippen molar-refractivity contribution in [1.29, 1.82) is 0 Å². The lowest BCUT2D eigenvalue weighted by atomic mass is 9.74. The minimum atomic E-state index is -1.42. The molecule has 8 heteroatoms. The molecule has 1 aliphatic carbocycles. The van der Waals surface area contributed by atoms with E-state index in [2.05, 4.69) is 4.98 Å². The van der Waals surface area contributed by atoms with Crippen molar-refractivity contribution < 1.29 is 19.2 Å². The van der Waals surface area contributed by atoms with Gasteiger partial charge >= 0.3 is 0 Å².